The van der Waals surface area contributed by atoms with E-state index in [1.807, 2.05) is 0 Å². The molecule has 100 valence electrons. The minimum absolute atomic E-state index is 0.0673. The van der Waals surface area contributed by atoms with E-state index in [1.54, 1.807) is 24.3 Å². The summed E-state index contributed by atoms with van der Waals surface area (Å²) in [7, 11) is 0. The van der Waals surface area contributed by atoms with Gasteiger partial charge in [-0.1, -0.05) is 12.1 Å². The van der Waals surface area contributed by atoms with E-state index in [0.717, 1.165) is 12.8 Å². The lowest BCUT2D eigenvalue weighted by molar-refractivity contribution is -0.136. The third kappa shape index (κ3) is 3.19. The Bertz CT molecular complexity index is 489. The molecule has 1 fully saturated rings. The molecule has 1 N–H and O–H groups in total. The molecule has 5 heteroatoms. The van der Waals surface area contributed by atoms with Crippen LogP contribution in [0, 0.1) is 0 Å². The van der Waals surface area contributed by atoms with E-state index in [2.05, 4.69) is 0 Å². The Morgan fingerprint density at radius 1 is 1.05 bits per heavy atom. The molecule has 1 aromatic carbocycles. The number of carboxylic acid groups (broad SMARTS) is 1. The summed E-state index contributed by atoms with van der Waals surface area (Å²) in [5.74, 6) is -1.28. The lowest BCUT2D eigenvalue weighted by Crippen LogP contribution is -2.35. The zero-order chi connectivity index (χ0) is 13.8. The summed E-state index contributed by atoms with van der Waals surface area (Å²) >= 11 is 0. The fourth-order valence-corrected chi connectivity index (χ4v) is 2.14. The van der Waals surface area contributed by atoms with Crippen LogP contribution in [0.5, 0.6) is 0 Å². The van der Waals surface area contributed by atoms with Gasteiger partial charge in [0, 0.05) is 12.8 Å². The Labute approximate surface area is 110 Å². The Hall–Kier alpha value is -2.17. The van der Waals surface area contributed by atoms with Gasteiger partial charge in [-0.15, -0.1) is 0 Å². The largest absolute Gasteiger partial charge is 0.481 e. The van der Waals surface area contributed by atoms with E-state index in [1.165, 1.54) is 4.90 Å². The SMILES string of the molecule is O=C(O)Cc1ccc(N2C(=O)CCCCC2=O)cc1. The lowest BCUT2D eigenvalue weighted by Gasteiger charge is -2.18. The van der Waals surface area contributed by atoms with Gasteiger partial charge >= 0.3 is 5.97 Å². The van der Waals surface area contributed by atoms with Gasteiger partial charge in [-0.25, -0.2) is 0 Å². The number of aliphatic carboxylic acids is 1. The van der Waals surface area contributed by atoms with Crippen LogP contribution in [0.2, 0.25) is 0 Å². The Morgan fingerprint density at radius 3 is 2.05 bits per heavy atom. The highest BCUT2D eigenvalue weighted by molar-refractivity contribution is 6.15. The summed E-state index contributed by atoms with van der Waals surface area (Å²) in [6.45, 7) is 0. The Morgan fingerprint density at radius 2 is 1.58 bits per heavy atom. The minimum Gasteiger partial charge on any atom is -0.481 e. The van der Waals surface area contributed by atoms with Crippen molar-refractivity contribution in [3.8, 4) is 0 Å². The maximum atomic E-state index is 11.9. The standard InChI is InChI=1S/C14H15NO4/c16-12-3-1-2-4-13(17)15(12)11-7-5-10(6-8-11)9-14(18)19/h5-8H,1-4,9H2,(H,18,19). The second-order valence-corrected chi connectivity index (χ2v) is 4.57. The summed E-state index contributed by atoms with van der Waals surface area (Å²) < 4.78 is 0. The second kappa shape index (κ2) is 5.65. The minimum atomic E-state index is -0.908. The Kier molecular flexibility index (Phi) is 3.94. The maximum absolute atomic E-state index is 11.9. The van der Waals surface area contributed by atoms with Crippen molar-refractivity contribution < 1.29 is 19.5 Å². The van der Waals surface area contributed by atoms with Crippen LogP contribution < -0.4 is 4.90 Å². The quantitative estimate of drug-likeness (QED) is 0.841. The van der Waals surface area contributed by atoms with Gasteiger partial charge in [-0.05, 0) is 30.5 Å². The molecule has 0 spiro atoms. The van der Waals surface area contributed by atoms with Crippen LogP contribution in [-0.4, -0.2) is 22.9 Å². The first-order valence-corrected chi connectivity index (χ1v) is 6.24. The average Bonchev–Trinajstić information content (AvgIpc) is 2.52. The van der Waals surface area contributed by atoms with Crippen molar-refractivity contribution in [1.82, 2.24) is 0 Å². The topological polar surface area (TPSA) is 74.7 Å². The van der Waals surface area contributed by atoms with E-state index in [-0.39, 0.29) is 18.2 Å². The molecule has 5 nitrogen and oxygen atoms in total. The summed E-state index contributed by atoms with van der Waals surface area (Å²) in [5.41, 5.74) is 1.16. The van der Waals surface area contributed by atoms with E-state index < -0.39 is 5.97 Å². The second-order valence-electron chi connectivity index (χ2n) is 4.57. The number of nitrogens with zero attached hydrogens (tertiary/aromatic N) is 1. The summed E-state index contributed by atoms with van der Waals surface area (Å²) in [6, 6.07) is 6.52. The number of benzene rings is 1. The van der Waals surface area contributed by atoms with E-state index in [4.69, 9.17) is 5.11 Å². The molecule has 1 saturated heterocycles. The zero-order valence-electron chi connectivity index (χ0n) is 10.5. The number of carboxylic acids is 1. The number of hydrogen-bond donors (Lipinski definition) is 1. The predicted octanol–water partition coefficient (Wildman–Crippen LogP) is 1.75. The molecule has 0 bridgehead atoms. The molecular formula is C14H15NO4. The van der Waals surface area contributed by atoms with Crippen LogP contribution in [0.4, 0.5) is 5.69 Å². The molecule has 0 atom stereocenters. The molecule has 2 rings (SSSR count). The highest BCUT2D eigenvalue weighted by atomic mass is 16.4. The molecule has 0 aromatic heterocycles. The molecule has 1 aliphatic heterocycles. The van der Waals surface area contributed by atoms with E-state index in [9.17, 15) is 14.4 Å². The Balaban J connectivity index is 2.22. The number of imide groups is 1. The zero-order valence-corrected chi connectivity index (χ0v) is 10.5. The van der Waals surface area contributed by atoms with Crippen molar-refractivity contribution in [2.24, 2.45) is 0 Å². The number of amides is 2. The first kappa shape index (κ1) is 13.3. The van der Waals surface area contributed by atoms with Crippen molar-refractivity contribution >= 4 is 23.5 Å². The predicted molar refractivity (Wildman–Crippen MR) is 68.7 cm³/mol. The van der Waals surface area contributed by atoms with Crippen molar-refractivity contribution in [3.63, 3.8) is 0 Å². The van der Waals surface area contributed by atoms with Gasteiger partial charge in [0.15, 0.2) is 0 Å². The van der Waals surface area contributed by atoms with Gasteiger partial charge in [-0.3, -0.25) is 19.3 Å². The molecular weight excluding hydrogens is 246 g/mol. The van der Waals surface area contributed by atoms with Crippen LogP contribution in [-0.2, 0) is 20.8 Å². The van der Waals surface area contributed by atoms with Crippen molar-refractivity contribution in [2.75, 3.05) is 4.90 Å². The third-order valence-corrected chi connectivity index (χ3v) is 3.08. The van der Waals surface area contributed by atoms with Crippen LogP contribution in [0.1, 0.15) is 31.2 Å². The van der Waals surface area contributed by atoms with Crippen LogP contribution >= 0.6 is 0 Å². The third-order valence-electron chi connectivity index (χ3n) is 3.08. The molecule has 0 saturated carbocycles. The summed E-state index contributed by atoms with van der Waals surface area (Å²) in [6.07, 6.45) is 2.16. The summed E-state index contributed by atoms with van der Waals surface area (Å²) in [5, 5.41) is 8.69. The van der Waals surface area contributed by atoms with Crippen LogP contribution in [0.15, 0.2) is 24.3 Å². The molecule has 0 unspecified atom stereocenters. The number of anilines is 1. The summed E-state index contributed by atoms with van der Waals surface area (Å²) in [4.78, 5) is 35.6. The fraction of sp³-hybridized carbons (Fsp3) is 0.357. The van der Waals surface area contributed by atoms with E-state index >= 15 is 0 Å². The van der Waals surface area contributed by atoms with Crippen molar-refractivity contribution in [3.05, 3.63) is 29.8 Å². The lowest BCUT2D eigenvalue weighted by atomic mass is 10.1. The van der Waals surface area contributed by atoms with Gasteiger partial charge in [0.1, 0.15) is 0 Å². The maximum Gasteiger partial charge on any atom is 0.307 e. The molecule has 0 aliphatic carbocycles. The highest BCUT2D eigenvalue weighted by Crippen LogP contribution is 2.22. The van der Waals surface area contributed by atoms with Gasteiger partial charge in [0.2, 0.25) is 11.8 Å². The fourth-order valence-electron chi connectivity index (χ4n) is 2.14. The van der Waals surface area contributed by atoms with Gasteiger partial charge in [0.25, 0.3) is 0 Å². The number of carbonyl (C=O) groups is 3. The van der Waals surface area contributed by atoms with Crippen LogP contribution in [0.3, 0.4) is 0 Å². The number of carbonyl (C=O) groups excluding carboxylic acids is 2. The molecule has 1 aliphatic rings. The first-order chi connectivity index (χ1) is 9.08. The molecule has 1 aromatic rings. The first-order valence-electron chi connectivity index (χ1n) is 6.24. The van der Waals surface area contributed by atoms with Crippen LogP contribution in [0.25, 0.3) is 0 Å². The van der Waals surface area contributed by atoms with Crippen molar-refractivity contribution in [2.45, 2.75) is 32.1 Å². The van der Waals surface area contributed by atoms with Gasteiger partial charge < -0.3 is 5.11 Å². The highest BCUT2D eigenvalue weighted by Gasteiger charge is 2.25. The molecule has 1 heterocycles. The van der Waals surface area contributed by atoms with Crippen molar-refractivity contribution in [1.29, 1.82) is 0 Å². The molecule has 0 radical (unpaired) electrons. The monoisotopic (exact) mass is 261 g/mol. The van der Waals surface area contributed by atoms with E-state index in [0.29, 0.717) is 24.1 Å². The molecule has 2 amide bonds. The average molecular weight is 261 g/mol. The normalized spacial score (nSPS) is 16.3. The molecule has 19 heavy (non-hydrogen) atoms. The van der Waals surface area contributed by atoms with Gasteiger partial charge in [-0.2, -0.15) is 0 Å². The number of rotatable bonds is 3. The van der Waals surface area contributed by atoms with Gasteiger partial charge in [0.05, 0.1) is 12.1 Å². The number of hydrogen-bond acceptors (Lipinski definition) is 3. The smallest absolute Gasteiger partial charge is 0.307 e.